The Hall–Kier alpha value is -2.21. The van der Waals surface area contributed by atoms with Crippen LogP contribution in [0, 0.1) is 17.0 Å². The van der Waals surface area contributed by atoms with Crippen LogP contribution in [0.5, 0.6) is 5.75 Å². The molecule has 0 spiro atoms. The third-order valence-corrected chi connectivity index (χ3v) is 2.58. The van der Waals surface area contributed by atoms with Crippen molar-refractivity contribution in [1.29, 1.82) is 0 Å². The zero-order valence-electron chi connectivity index (χ0n) is 10.0. The molecular formula is C12H10ClN3O3. The largest absolute Gasteiger partial charge is 0.480 e. The Morgan fingerprint density at radius 2 is 2.11 bits per heavy atom. The summed E-state index contributed by atoms with van der Waals surface area (Å²) in [6.45, 7) is 1.87. The van der Waals surface area contributed by atoms with Crippen LogP contribution in [0.15, 0.2) is 30.3 Å². The Morgan fingerprint density at radius 1 is 1.32 bits per heavy atom. The highest BCUT2D eigenvalue weighted by Crippen LogP contribution is 2.28. The SMILES string of the molecule is Cc1ccc(OCc2ccc(Cl)nn2)c([N+](=O)[O-])c1. The lowest BCUT2D eigenvalue weighted by Gasteiger charge is -2.06. The molecule has 0 aliphatic carbocycles. The van der Waals surface area contributed by atoms with Crippen molar-refractivity contribution in [2.75, 3.05) is 0 Å². The van der Waals surface area contributed by atoms with Gasteiger partial charge in [0.1, 0.15) is 12.3 Å². The summed E-state index contributed by atoms with van der Waals surface area (Å²) in [4.78, 5) is 10.4. The van der Waals surface area contributed by atoms with Gasteiger partial charge in [0.2, 0.25) is 0 Å². The van der Waals surface area contributed by atoms with E-state index in [0.29, 0.717) is 5.69 Å². The fourth-order valence-electron chi connectivity index (χ4n) is 1.46. The Bertz CT molecular complexity index is 602. The zero-order chi connectivity index (χ0) is 13.8. The molecule has 6 nitrogen and oxygen atoms in total. The molecule has 0 atom stereocenters. The normalized spacial score (nSPS) is 10.2. The van der Waals surface area contributed by atoms with Crippen LogP contribution in [-0.4, -0.2) is 15.1 Å². The second-order valence-corrected chi connectivity index (χ2v) is 4.25. The number of benzene rings is 1. The molecule has 0 aliphatic heterocycles. The van der Waals surface area contributed by atoms with Crippen LogP contribution in [0.1, 0.15) is 11.3 Å². The monoisotopic (exact) mass is 279 g/mol. The van der Waals surface area contributed by atoms with Crippen molar-refractivity contribution in [3.05, 3.63) is 56.9 Å². The van der Waals surface area contributed by atoms with Crippen molar-refractivity contribution >= 4 is 17.3 Å². The van der Waals surface area contributed by atoms with Crippen LogP contribution >= 0.6 is 11.6 Å². The second kappa shape index (κ2) is 5.62. The highest BCUT2D eigenvalue weighted by Gasteiger charge is 2.15. The van der Waals surface area contributed by atoms with Gasteiger partial charge in [-0.1, -0.05) is 17.7 Å². The Labute approximate surface area is 114 Å². The summed E-state index contributed by atoms with van der Waals surface area (Å²) >= 11 is 5.61. The van der Waals surface area contributed by atoms with Crippen molar-refractivity contribution in [2.45, 2.75) is 13.5 Å². The molecule has 2 aromatic rings. The topological polar surface area (TPSA) is 78.2 Å². The van der Waals surface area contributed by atoms with Gasteiger partial charge in [-0.05, 0) is 30.7 Å². The number of nitro groups is 1. The second-order valence-electron chi connectivity index (χ2n) is 3.86. The van der Waals surface area contributed by atoms with E-state index in [9.17, 15) is 10.1 Å². The molecule has 0 aliphatic rings. The highest BCUT2D eigenvalue weighted by molar-refractivity contribution is 6.29. The van der Waals surface area contributed by atoms with Crippen LogP contribution in [0.3, 0.4) is 0 Å². The fourth-order valence-corrected chi connectivity index (χ4v) is 1.57. The Kier molecular flexibility index (Phi) is 3.91. The molecule has 2 rings (SSSR count). The van der Waals surface area contributed by atoms with Gasteiger partial charge in [-0.3, -0.25) is 10.1 Å². The minimum Gasteiger partial charge on any atom is -0.480 e. The lowest BCUT2D eigenvalue weighted by Crippen LogP contribution is -2.02. The molecule has 1 heterocycles. The number of halogens is 1. The zero-order valence-corrected chi connectivity index (χ0v) is 10.8. The summed E-state index contributed by atoms with van der Waals surface area (Å²) < 4.78 is 5.39. The van der Waals surface area contributed by atoms with Crippen molar-refractivity contribution in [1.82, 2.24) is 10.2 Å². The van der Waals surface area contributed by atoms with Gasteiger partial charge < -0.3 is 4.74 Å². The molecule has 0 N–H and O–H groups in total. The number of aryl methyl sites for hydroxylation is 1. The fraction of sp³-hybridized carbons (Fsp3) is 0.167. The first-order chi connectivity index (χ1) is 9.06. The summed E-state index contributed by atoms with van der Waals surface area (Å²) in [7, 11) is 0. The molecule has 0 fully saturated rings. The van der Waals surface area contributed by atoms with E-state index in [0.717, 1.165) is 5.56 Å². The van der Waals surface area contributed by atoms with E-state index in [1.165, 1.54) is 6.07 Å². The third-order valence-electron chi connectivity index (χ3n) is 2.37. The summed E-state index contributed by atoms with van der Waals surface area (Å²) in [6.07, 6.45) is 0. The van der Waals surface area contributed by atoms with Gasteiger partial charge in [0.25, 0.3) is 0 Å². The molecule has 0 radical (unpaired) electrons. The van der Waals surface area contributed by atoms with E-state index in [4.69, 9.17) is 16.3 Å². The first kappa shape index (κ1) is 13.2. The van der Waals surface area contributed by atoms with Crippen LogP contribution in [-0.2, 0) is 6.61 Å². The number of hydrogen-bond donors (Lipinski definition) is 0. The van der Waals surface area contributed by atoms with Gasteiger partial charge in [0.05, 0.1) is 4.92 Å². The smallest absolute Gasteiger partial charge is 0.311 e. The molecule has 0 saturated heterocycles. The minimum absolute atomic E-state index is 0.0677. The molecule has 7 heteroatoms. The predicted molar refractivity (Wildman–Crippen MR) is 69.2 cm³/mol. The van der Waals surface area contributed by atoms with E-state index in [2.05, 4.69) is 10.2 Å². The summed E-state index contributed by atoms with van der Waals surface area (Å²) in [5.74, 6) is 0.201. The maximum absolute atomic E-state index is 10.9. The minimum atomic E-state index is -0.476. The number of ether oxygens (including phenoxy) is 1. The van der Waals surface area contributed by atoms with Gasteiger partial charge in [-0.2, -0.15) is 5.10 Å². The van der Waals surface area contributed by atoms with Crippen molar-refractivity contribution in [3.8, 4) is 5.75 Å². The molecule has 0 bridgehead atoms. The Morgan fingerprint density at radius 3 is 2.74 bits per heavy atom. The van der Waals surface area contributed by atoms with Crippen molar-refractivity contribution in [2.24, 2.45) is 0 Å². The number of nitrogens with zero attached hydrogens (tertiary/aromatic N) is 3. The van der Waals surface area contributed by atoms with Crippen LogP contribution in [0.4, 0.5) is 5.69 Å². The maximum Gasteiger partial charge on any atom is 0.311 e. The molecule has 0 amide bonds. The number of nitro benzene ring substituents is 1. The predicted octanol–water partition coefficient (Wildman–Crippen LogP) is 2.93. The summed E-state index contributed by atoms with van der Waals surface area (Å²) in [5, 5.41) is 18.7. The van der Waals surface area contributed by atoms with Crippen LogP contribution in [0.25, 0.3) is 0 Å². The average molecular weight is 280 g/mol. The van der Waals surface area contributed by atoms with Gasteiger partial charge in [0, 0.05) is 6.07 Å². The lowest BCUT2D eigenvalue weighted by atomic mass is 10.2. The number of rotatable bonds is 4. The van der Waals surface area contributed by atoms with Crippen molar-refractivity contribution in [3.63, 3.8) is 0 Å². The van der Waals surface area contributed by atoms with E-state index in [1.54, 1.807) is 31.2 Å². The molecule has 0 unspecified atom stereocenters. The third kappa shape index (κ3) is 3.38. The molecule has 19 heavy (non-hydrogen) atoms. The molecule has 0 saturated carbocycles. The van der Waals surface area contributed by atoms with Crippen molar-refractivity contribution < 1.29 is 9.66 Å². The molecule has 1 aromatic carbocycles. The maximum atomic E-state index is 10.9. The standard InChI is InChI=1S/C12H10ClN3O3/c1-8-2-4-11(10(6-8)16(17)18)19-7-9-3-5-12(13)15-14-9/h2-6H,7H2,1H3. The van der Waals surface area contributed by atoms with Gasteiger partial charge in [-0.15, -0.1) is 5.10 Å². The highest BCUT2D eigenvalue weighted by atomic mass is 35.5. The molecular weight excluding hydrogens is 270 g/mol. The molecule has 98 valence electrons. The van der Waals surface area contributed by atoms with E-state index >= 15 is 0 Å². The number of hydrogen-bond acceptors (Lipinski definition) is 5. The number of aromatic nitrogens is 2. The van der Waals surface area contributed by atoms with Gasteiger partial charge in [-0.25, -0.2) is 0 Å². The Balaban J connectivity index is 2.15. The van der Waals surface area contributed by atoms with Crippen LogP contribution in [0.2, 0.25) is 5.15 Å². The summed E-state index contributed by atoms with van der Waals surface area (Å²) in [5.41, 5.74) is 1.27. The van der Waals surface area contributed by atoms with E-state index in [1.807, 2.05) is 0 Å². The van der Waals surface area contributed by atoms with Gasteiger partial charge in [0.15, 0.2) is 10.9 Å². The quantitative estimate of drug-likeness (QED) is 0.635. The molecule has 1 aromatic heterocycles. The first-order valence-electron chi connectivity index (χ1n) is 5.42. The summed E-state index contributed by atoms with van der Waals surface area (Å²) in [6, 6.07) is 8.00. The first-order valence-corrected chi connectivity index (χ1v) is 5.80. The lowest BCUT2D eigenvalue weighted by molar-refractivity contribution is -0.386. The van der Waals surface area contributed by atoms with E-state index < -0.39 is 4.92 Å². The van der Waals surface area contributed by atoms with Crippen LogP contribution < -0.4 is 4.74 Å². The van der Waals surface area contributed by atoms with Gasteiger partial charge >= 0.3 is 5.69 Å². The van der Waals surface area contributed by atoms with E-state index in [-0.39, 0.29) is 23.2 Å². The average Bonchev–Trinajstić information content (AvgIpc) is 2.39.